The molecular weight excluding hydrogens is 420 g/mol. The van der Waals surface area contributed by atoms with E-state index in [-0.39, 0.29) is 5.91 Å². The van der Waals surface area contributed by atoms with Crippen molar-refractivity contribution in [2.24, 2.45) is 0 Å². The van der Waals surface area contributed by atoms with E-state index in [1.165, 1.54) is 5.56 Å². The van der Waals surface area contributed by atoms with E-state index in [1.807, 2.05) is 31.2 Å². The third-order valence-corrected chi connectivity index (χ3v) is 5.82. The van der Waals surface area contributed by atoms with E-state index in [0.717, 1.165) is 50.2 Å². The van der Waals surface area contributed by atoms with Gasteiger partial charge >= 0.3 is 0 Å². The van der Waals surface area contributed by atoms with Gasteiger partial charge in [-0.2, -0.15) is 0 Å². The molecule has 1 aliphatic rings. The summed E-state index contributed by atoms with van der Waals surface area (Å²) in [5.41, 5.74) is 4.31. The zero-order valence-corrected chi connectivity index (χ0v) is 18.5. The van der Waals surface area contributed by atoms with E-state index in [1.54, 1.807) is 24.5 Å². The van der Waals surface area contributed by atoms with Crippen molar-refractivity contribution in [1.82, 2.24) is 20.4 Å². The van der Waals surface area contributed by atoms with E-state index in [4.69, 9.17) is 13.7 Å². The number of amides is 1. The molecule has 1 aliphatic heterocycles. The number of aryl methyl sites for hydroxylation is 1. The predicted octanol–water partition coefficient (Wildman–Crippen LogP) is 3.91. The van der Waals surface area contributed by atoms with Gasteiger partial charge in [0.25, 0.3) is 5.91 Å². The Kier molecular flexibility index (Phi) is 6.19. The summed E-state index contributed by atoms with van der Waals surface area (Å²) in [6.07, 6.45) is 2.46. The Hall–Kier alpha value is -3.49. The Morgan fingerprint density at radius 2 is 1.94 bits per heavy atom. The Morgan fingerprint density at radius 3 is 2.76 bits per heavy atom. The van der Waals surface area contributed by atoms with Gasteiger partial charge in [0.2, 0.25) is 5.89 Å². The molecule has 5 rings (SSSR count). The zero-order chi connectivity index (χ0) is 22.6. The van der Waals surface area contributed by atoms with Crippen LogP contribution in [0.4, 0.5) is 0 Å². The van der Waals surface area contributed by atoms with Gasteiger partial charge in [0, 0.05) is 30.8 Å². The third kappa shape index (κ3) is 4.81. The molecule has 0 saturated carbocycles. The first kappa shape index (κ1) is 21.4. The first-order chi connectivity index (χ1) is 16.2. The fraction of sp³-hybridized carbons (Fsp3) is 0.320. The lowest BCUT2D eigenvalue weighted by Gasteiger charge is -2.26. The maximum absolute atomic E-state index is 12.7. The molecule has 3 heterocycles. The molecule has 0 spiro atoms. The highest BCUT2D eigenvalue weighted by atomic mass is 16.5. The van der Waals surface area contributed by atoms with Crippen LogP contribution in [0.2, 0.25) is 0 Å². The Balaban J connectivity index is 1.27. The molecule has 33 heavy (non-hydrogen) atoms. The van der Waals surface area contributed by atoms with Gasteiger partial charge in [0.05, 0.1) is 18.6 Å². The van der Waals surface area contributed by atoms with Crippen LogP contribution in [0.15, 0.2) is 57.7 Å². The molecule has 1 amide bonds. The number of aromatic nitrogens is 2. The van der Waals surface area contributed by atoms with Crippen LogP contribution in [0.1, 0.15) is 22.3 Å². The van der Waals surface area contributed by atoms with Gasteiger partial charge in [-0.3, -0.25) is 9.69 Å². The molecule has 0 atom stereocenters. The first-order valence-electron chi connectivity index (χ1n) is 11.2. The molecule has 170 valence electrons. The molecule has 8 heteroatoms. The molecule has 1 saturated heterocycles. The van der Waals surface area contributed by atoms with Crippen LogP contribution < -0.4 is 5.32 Å². The maximum atomic E-state index is 12.7. The van der Waals surface area contributed by atoms with Gasteiger partial charge in [-0.15, -0.1) is 0 Å². The molecule has 4 aromatic rings. The topological polar surface area (TPSA) is 93.6 Å². The summed E-state index contributed by atoms with van der Waals surface area (Å²) in [5.74, 6) is 0.391. The summed E-state index contributed by atoms with van der Waals surface area (Å²) >= 11 is 0. The van der Waals surface area contributed by atoms with Crippen molar-refractivity contribution in [3.8, 4) is 22.8 Å². The second-order valence-corrected chi connectivity index (χ2v) is 8.21. The van der Waals surface area contributed by atoms with Crippen LogP contribution in [-0.2, 0) is 4.74 Å². The zero-order valence-electron chi connectivity index (χ0n) is 18.5. The highest BCUT2D eigenvalue weighted by Crippen LogP contribution is 2.30. The Morgan fingerprint density at radius 1 is 1.12 bits per heavy atom. The number of carbonyl (C=O) groups excluding carboxylic acids is 1. The summed E-state index contributed by atoms with van der Waals surface area (Å²) in [4.78, 5) is 19.6. The molecule has 0 radical (unpaired) electrons. The average molecular weight is 447 g/mol. The number of nitrogens with one attached hydrogen (secondary N) is 1. The van der Waals surface area contributed by atoms with Crippen molar-refractivity contribution in [2.75, 3.05) is 39.4 Å². The molecule has 1 N–H and O–H groups in total. The number of benzene rings is 2. The first-order valence-corrected chi connectivity index (χ1v) is 11.2. The number of hydrogen-bond donors (Lipinski definition) is 1. The highest BCUT2D eigenvalue weighted by molar-refractivity contribution is 6.00. The standard InChI is InChI=1S/C25H26N4O4/c1-17-3-5-18(6-4-17)25-27-21(16-32-25)23-20-15-19(7-8-22(20)33-28-23)24(30)26-9-2-10-29-11-13-31-14-12-29/h3-8,15-16H,2,9-14H2,1H3,(H,26,30). The Labute approximate surface area is 191 Å². The van der Waals surface area contributed by atoms with Gasteiger partial charge in [-0.05, 0) is 50.2 Å². The summed E-state index contributed by atoms with van der Waals surface area (Å²) < 4.78 is 16.5. The number of morpholine rings is 1. The van der Waals surface area contributed by atoms with E-state index >= 15 is 0 Å². The van der Waals surface area contributed by atoms with Crippen LogP contribution in [0.5, 0.6) is 0 Å². The summed E-state index contributed by atoms with van der Waals surface area (Å²) in [7, 11) is 0. The number of hydrogen-bond acceptors (Lipinski definition) is 7. The number of fused-ring (bicyclic) bond motifs is 1. The van der Waals surface area contributed by atoms with Gasteiger partial charge in [-0.25, -0.2) is 4.98 Å². The minimum Gasteiger partial charge on any atom is -0.444 e. The van der Waals surface area contributed by atoms with Crippen LogP contribution in [-0.4, -0.2) is 60.3 Å². The highest BCUT2D eigenvalue weighted by Gasteiger charge is 2.18. The summed E-state index contributed by atoms with van der Waals surface area (Å²) in [6, 6.07) is 13.2. The molecule has 0 aliphatic carbocycles. The average Bonchev–Trinajstić information content (AvgIpc) is 3.49. The second-order valence-electron chi connectivity index (χ2n) is 8.21. The number of oxazole rings is 1. The predicted molar refractivity (Wildman–Crippen MR) is 124 cm³/mol. The lowest BCUT2D eigenvalue weighted by Crippen LogP contribution is -2.38. The minimum absolute atomic E-state index is 0.119. The molecule has 1 fully saturated rings. The van der Waals surface area contributed by atoms with Crippen LogP contribution >= 0.6 is 0 Å². The van der Waals surface area contributed by atoms with E-state index in [9.17, 15) is 4.79 Å². The smallest absolute Gasteiger partial charge is 0.251 e. The lowest BCUT2D eigenvalue weighted by molar-refractivity contribution is 0.0374. The van der Waals surface area contributed by atoms with Crippen molar-refractivity contribution >= 4 is 16.9 Å². The fourth-order valence-corrected chi connectivity index (χ4v) is 3.91. The lowest BCUT2D eigenvalue weighted by atomic mass is 10.1. The number of nitrogens with zero attached hydrogens (tertiary/aromatic N) is 3. The van der Waals surface area contributed by atoms with Gasteiger partial charge < -0.3 is 19.0 Å². The van der Waals surface area contributed by atoms with E-state index in [2.05, 4.69) is 20.4 Å². The second kappa shape index (κ2) is 9.56. The molecule has 2 aromatic carbocycles. The van der Waals surface area contributed by atoms with Crippen molar-refractivity contribution < 1.29 is 18.5 Å². The maximum Gasteiger partial charge on any atom is 0.251 e. The van der Waals surface area contributed by atoms with Crippen molar-refractivity contribution in [1.29, 1.82) is 0 Å². The summed E-state index contributed by atoms with van der Waals surface area (Å²) in [5, 5.41) is 7.89. The molecule has 8 nitrogen and oxygen atoms in total. The normalized spacial score (nSPS) is 14.6. The molecule has 0 unspecified atom stereocenters. The van der Waals surface area contributed by atoms with Crippen LogP contribution in [0.25, 0.3) is 33.8 Å². The number of rotatable bonds is 7. The monoisotopic (exact) mass is 446 g/mol. The largest absolute Gasteiger partial charge is 0.444 e. The van der Waals surface area contributed by atoms with Gasteiger partial charge in [0.15, 0.2) is 5.58 Å². The minimum atomic E-state index is -0.119. The van der Waals surface area contributed by atoms with Gasteiger partial charge in [-0.1, -0.05) is 22.9 Å². The SMILES string of the molecule is Cc1ccc(-c2nc(-c3noc4ccc(C(=O)NCCCN5CCOCC5)cc34)co2)cc1. The Bertz CT molecular complexity index is 1240. The van der Waals surface area contributed by atoms with Crippen LogP contribution in [0.3, 0.4) is 0 Å². The summed E-state index contributed by atoms with van der Waals surface area (Å²) in [6.45, 7) is 7.08. The number of carbonyl (C=O) groups is 1. The quantitative estimate of drug-likeness (QED) is 0.430. The molecule has 2 aromatic heterocycles. The van der Waals surface area contributed by atoms with Gasteiger partial charge in [0.1, 0.15) is 17.7 Å². The van der Waals surface area contributed by atoms with Crippen LogP contribution in [0, 0.1) is 6.92 Å². The number of ether oxygens (including phenoxy) is 1. The molecule has 0 bridgehead atoms. The van der Waals surface area contributed by atoms with Crippen molar-refractivity contribution in [3.63, 3.8) is 0 Å². The van der Waals surface area contributed by atoms with Crippen molar-refractivity contribution in [2.45, 2.75) is 13.3 Å². The third-order valence-electron chi connectivity index (χ3n) is 5.82. The fourth-order valence-electron chi connectivity index (χ4n) is 3.91. The molecular formula is C25H26N4O4. The van der Waals surface area contributed by atoms with Crippen molar-refractivity contribution in [3.05, 3.63) is 59.9 Å². The van der Waals surface area contributed by atoms with E-state index < -0.39 is 0 Å². The van der Waals surface area contributed by atoms with E-state index in [0.29, 0.717) is 35.0 Å².